The van der Waals surface area contributed by atoms with Gasteiger partial charge in [-0.25, -0.2) is 0 Å². The number of alkyl halides is 3. The first kappa shape index (κ1) is 14.0. The molecule has 1 aromatic carbocycles. The first-order chi connectivity index (χ1) is 8.32. The van der Waals surface area contributed by atoms with Crippen molar-refractivity contribution in [2.24, 2.45) is 0 Å². The minimum absolute atomic E-state index is 0.401. The SMILES string of the molecule is CCCC1=Cc2c(C)cccc2S1(Br)C(F)(F)F. The molecular formula is C13H14BrF3S. The molecule has 2 rings (SSSR count). The number of allylic oxidation sites excluding steroid dienone is 1. The lowest BCUT2D eigenvalue weighted by Gasteiger charge is -2.35. The molecule has 0 aliphatic carbocycles. The molecule has 0 N–H and O–H groups in total. The normalized spacial score (nSPS) is 26.4. The van der Waals surface area contributed by atoms with E-state index < -0.39 is 14.0 Å². The smallest absolute Gasteiger partial charge is 0.160 e. The molecule has 0 aromatic heterocycles. The third-order valence-electron chi connectivity index (χ3n) is 3.07. The van der Waals surface area contributed by atoms with Gasteiger partial charge in [-0.05, 0) is 64.8 Å². The van der Waals surface area contributed by atoms with Crippen LogP contribution < -0.4 is 0 Å². The zero-order valence-corrected chi connectivity index (χ0v) is 12.5. The number of benzene rings is 1. The van der Waals surface area contributed by atoms with Crippen molar-refractivity contribution in [3.8, 4) is 0 Å². The molecule has 0 fully saturated rings. The molecule has 0 saturated heterocycles. The number of hydrogen-bond acceptors (Lipinski definition) is 0. The number of rotatable bonds is 2. The summed E-state index contributed by atoms with van der Waals surface area (Å²) in [4.78, 5) is 0.889. The van der Waals surface area contributed by atoms with Crippen LogP contribution >= 0.6 is 23.3 Å². The minimum atomic E-state index is -4.24. The van der Waals surface area contributed by atoms with Crippen LogP contribution in [0.15, 0.2) is 28.0 Å². The zero-order valence-electron chi connectivity index (χ0n) is 10.1. The Hall–Kier alpha value is -0.420. The summed E-state index contributed by atoms with van der Waals surface area (Å²) in [7, 11) is -3.03. The van der Waals surface area contributed by atoms with Crippen LogP contribution in [0.3, 0.4) is 0 Å². The number of hydrogen-bond donors (Lipinski definition) is 0. The first-order valence-electron chi connectivity index (χ1n) is 5.72. The van der Waals surface area contributed by atoms with Crippen LogP contribution in [0.5, 0.6) is 0 Å². The van der Waals surface area contributed by atoms with E-state index in [1.54, 1.807) is 18.2 Å². The molecule has 0 saturated carbocycles. The molecule has 0 amide bonds. The van der Waals surface area contributed by atoms with Gasteiger partial charge < -0.3 is 0 Å². The topological polar surface area (TPSA) is 0 Å². The molecule has 0 nitrogen and oxygen atoms in total. The van der Waals surface area contributed by atoms with E-state index in [2.05, 4.69) is 14.8 Å². The highest BCUT2D eigenvalue weighted by atomic mass is 79.9. The summed E-state index contributed by atoms with van der Waals surface area (Å²) in [6, 6.07) is 5.15. The van der Waals surface area contributed by atoms with Crippen LogP contribution in [-0.4, -0.2) is 5.51 Å². The molecule has 5 heteroatoms. The Kier molecular flexibility index (Phi) is 3.58. The Bertz CT molecular complexity index is 507. The van der Waals surface area contributed by atoms with Crippen LogP contribution in [-0.2, 0) is 0 Å². The van der Waals surface area contributed by atoms with E-state index in [-0.39, 0.29) is 0 Å². The Morgan fingerprint density at radius 1 is 1.28 bits per heavy atom. The summed E-state index contributed by atoms with van der Waals surface area (Å²) >= 11 is 3.06. The molecule has 1 aromatic rings. The molecule has 0 bridgehead atoms. The Labute approximate surface area is 114 Å². The van der Waals surface area contributed by atoms with Crippen LogP contribution in [0, 0.1) is 6.92 Å². The van der Waals surface area contributed by atoms with Gasteiger partial charge >= 0.3 is 5.51 Å². The largest absolute Gasteiger partial charge is 0.442 e. The Balaban J connectivity index is 2.66. The molecule has 1 unspecified atom stereocenters. The summed E-state index contributed by atoms with van der Waals surface area (Å²) in [5.74, 6) is 0. The van der Waals surface area contributed by atoms with Crippen molar-refractivity contribution >= 4 is 29.4 Å². The van der Waals surface area contributed by atoms with Crippen molar-refractivity contribution in [2.75, 3.05) is 0 Å². The molecule has 1 atom stereocenters. The van der Waals surface area contributed by atoms with Crippen molar-refractivity contribution in [3.05, 3.63) is 34.2 Å². The monoisotopic (exact) mass is 338 g/mol. The maximum atomic E-state index is 13.5. The van der Waals surface area contributed by atoms with Gasteiger partial charge in [-0.1, -0.05) is 25.5 Å². The van der Waals surface area contributed by atoms with E-state index in [0.717, 1.165) is 17.5 Å². The number of halogens is 4. The lowest BCUT2D eigenvalue weighted by atomic mass is 10.1. The van der Waals surface area contributed by atoms with Gasteiger partial charge in [0, 0.05) is 4.90 Å². The van der Waals surface area contributed by atoms with Crippen LogP contribution in [0.4, 0.5) is 13.2 Å². The van der Waals surface area contributed by atoms with Crippen LogP contribution in [0.2, 0.25) is 0 Å². The summed E-state index contributed by atoms with van der Waals surface area (Å²) in [5, 5.41) is 0. The van der Waals surface area contributed by atoms with E-state index in [4.69, 9.17) is 0 Å². The standard InChI is InChI=1S/C13H14BrF3S/c1-3-5-10-8-11-9(2)6-4-7-12(11)18(10,14)13(15,16)17/h4,6-8H,3,5H2,1-2H3. The Morgan fingerprint density at radius 3 is 2.50 bits per heavy atom. The summed E-state index contributed by atoms with van der Waals surface area (Å²) in [6.45, 7) is 3.76. The van der Waals surface area contributed by atoms with Gasteiger partial charge in [0.2, 0.25) is 0 Å². The van der Waals surface area contributed by atoms with Gasteiger partial charge in [0.05, 0.1) is 0 Å². The number of aryl methyl sites for hydroxylation is 1. The van der Waals surface area contributed by atoms with Crippen LogP contribution in [0.25, 0.3) is 6.08 Å². The van der Waals surface area contributed by atoms with Crippen molar-refractivity contribution in [1.82, 2.24) is 0 Å². The Morgan fingerprint density at radius 2 is 1.94 bits per heavy atom. The van der Waals surface area contributed by atoms with E-state index in [1.807, 2.05) is 19.9 Å². The maximum absolute atomic E-state index is 13.5. The minimum Gasteiger partial charge on any atom is -0.160 e. The van der Waals surface area contributed by atoms with E-state index in [1.165, 1.54) is 0 Å². The first-order valence-corrected chi connectivity index (χ1v) is 9.19. The van der Waals surface area contributed by atoms with Crippen molar-refractivity contribution in [2.45, 2.75) is 37.1 Å². The molecule has 1 heterocycles. The third-order valence-corrected chi connectivity index (χ3v) is 9.11. The molecule has 0 radical (unpaired) electrons. The van der Waals surface area contributed by atoms with Crippen LogP contribution in [0.1, 0.15) is 30.9 Å². The summed E-state index contributed by atoms with van der Waals surface area (Å²) in [5.41, 5.74) is -2.60. The molecule has 1 aliphatic rings. The van der Waals surface area contributed by atoms with Gasteiger partial charge in [-0.15, -0.1) is 0 Å². The van der Waals surface area contributed by atoms with Crippen molar-refractivity contribution in [3.63, 3.8) is 0 Å². The molecule has 100 valence electrons. The van der Waals surface area contributed by atoms with E-state index in [9.17, 15) is 13.2 Å². The van der Waals surface area contributed by atoms with E-state index >= 15 is 0 Å². The fourth-order valence-corrected chi connectivity index (χ4v) is 6.20. The fourth-order valence-electron chi connectivity index (χ4n) is 2.20. The molecular weight excluding hydrogens is 325 g/mol. The molecule has 1 aliphatic heterocycles. The second-order valence-corrected chi connectivity index (χ2v) is 9.75. The highest BCUT2D eigenvalue weighted by molar-refractivity contribution is 9.59. The summed E-state index contributed by atoms with van der Waals surface area (Å²) in [6.07, 6.45) is 2.93. The second kappa shape index (κ2) is 4.60. The average Bonchev–Trinajstić information content (AvgIpc) is 2.56. The van der Waals surface area contributed by atoms with Gasteiger partial charge in [-0.2, -0.15) is 13.2 Å². The van der Waals surface area contributed by atoms with E-state index in [0.29, 0.717) is 16.2 Å². The molecule has 18 heavy (non-hydrogen) atoms. The summed E-state index contributed by atoms with van der Waals surface area (Å²) < 4.78 is 40.4. The highest BCUT2D eigenvalue weighted by Gasteiger charge is 2.54. The van der Waals surface area contributed by atoms with Gasteiger partial charge in [-0.3, -0.25) is 0 Å². The lowest BCUT2D eigenvalue weighted by molar-refractivity contribution is -0.0355. The lowest BCUT2D eigenvalue weighted by Crippen LogP contribution is -2.15. The van der Waals surface area contributed by atoms with Gasteiger partial charge in [0.15, 0.2) is 0 Å². The van der Waals surface area contributed by atoms with Gasteiger partial charge in [0.1, 0.15) is 0 Å². The predicted molar refractivity (Wildman–Crippen MR) is 74.9 cm³/mol. The maximum Gasteiger partial charge on any atom is 0.442 e. The zero-order chi connectivity index (χ0) is 13.6. The van der Waals surface area contributed by atoms with Crippen molar-refractivity contribution < 1.29 is 13.2 Å². The third kappa shape index (κ3) is 1.92. The quantitative estimate of drug-likeness (QED) is 0.607. The molecule has 0 spiro atoms. The number of fused-ring (bicyclic) bond motifs is 1. The predicted octanol–water partition coefficient (Wildman–Crippen LogP) is 6.14. The fraction of sp³-hybridized carbons (Fsp3) is 0.385. The second-order valence-electron chi connectivity index (χ2n) is 4.33. The average molecular weight is 339 g/mol. The van der Waals surface area contributed by atoms with Gasteiger partial charge in [0.25, 0.3) is 0 Å². The highest BCUT2D eigenvalue weighted by Crippen LogP contribution is 2.81. The van der Waals surface area contributed by atoms with Crippen molar-refractivity contribution in [1.29, 1.82) is 0 Å².